The largest absolute Gasteiger partial charge is 0.490 e. The molecule has 2 aromatic heterocycles. The van der Waals surface area contributed by atoms with E-state index < -0.39 is 116 Å². The second-order valence-corrected chi connectivity index (χ2v) is 16.1. The summed E-state index contributed by atoms with van der Waals surface area (Å²) in [6, 6.07) is 1.73. The van der Waals surface area contributed by atoms with Crippen molar-refractivity contribution in [2.75, 3.05) is 13.2 Å². The van der Waals surface area contributed by atoms with Crippen molar-refractivity contribution in [3.63, 3.8) is 0 Å². The van der Waals surface area contributed by atoms with Crippen LogP contribution in [0.1, 0.15) is 12.5 Å². The summed E-state index contributed by atoms with van der Waals surface area (Å²) in [5, 5.41) is 40.7. The summed E-state index contributed by atoms with van der Waals surface area (Å²) in [6.45, 7) is -2.43. The highest BCUT2D eigenvalue weighted by atomic mass is 31.3. The topological polar surface area (TPSA) is 404 Å². The number of aliphatic hydroxyl groups is 4. The molecule has 0 aliphatic carbocycles. The molecule has 0 bridgehead atoms. The van der Waals surface area contributed by atoms with E-state index in [0.29, 0.717) is 9.13 Å². The lowest BCUT2D eigenvalue weighted by Gasteiger charge is -2.21. The van der Waals surface area contributed by atoms with Gasteiger partial charge < -0.3 is 49.5 Å². The number of nitrogens with one attached hydrogen (secondary N) is 2. The number of hydrogen-bond donors (Lipinski definition) is 10. The summed E-state index contributed by atoms with van der Waals surface area (Å²) in [4.78, 5) is 89.1. The third-order valence-corrected chi connectivity index (χ3v) is 12.3. The van der Waals surface area contributed by atoms with Gasteiger partial charge in [0, 0.05) is 24.5 Å². The van der Waals surface area contributed by atoms with Crippen molar-refractivity contribution in [1.82, 2.24) is 19.1 Å². The quantitative estimate of drug-likeness (QED) is 0.0811. The van der Waals surface area contributed by atoms with Gasteiger partial charge in [0.2, 0.25) is 0 Å². The van der Waals surface area contributed by atoms with Crippen LogP contribution in [0.5, 0.6) is 0 Å². The Kier molecular flexibility index (Phi) is 11.9. The van der Waals surface area contributed by atoms with Crippen molar-refractivity contribution in [2.45, 2.75) is 49.1 Å². The molecule has 27 nitrogen and oxygen atoms in total. The van der Waals surface area contributed by atoms with Crippen LogP contribution in [0, 0.1) is 0 Å². The van der Waals surface area contributed by atoms with Gasteiger partial charge in [-0.3, -0.25) is 37.7 Å². The molecule has 2 aliphatic rings. The number of ether oxygens (including phenoxy) is 2. The number of H-pyrrole nitrogens is 2. The Balaban J connectivity index is 1.31. The average Bonchev–Trinajstić information content (AvgIpc) is 3.38. The van der Waals surface area contributed by atoms with Crippen LogP contribution in [0.2, 0.25) is 0 Å². The number of aliphatic hydroxyl groups excluding tert-OH is 4. The number of nitrogens with zero attached hydrogens (tertiary/aromatic N) is 2. The fraction of sp³-hybridized carbons (Fsp3) is 0.556. The van der Waals surface area contributed by atoms with Crippen LogP contribution in [0.25, 0.3) is 0 Å². The molecule has 4 rings (SSSR count). The number of hydrogen-bond acceptors (Lipinski definition) is 19. The molecule has 0 radical (unpaired) electrons. The van der Waals surface area contributed by atoms with Crippen molar-refractivity contribution in [2.24, 2.45) is 0 Å². The first-order valence-electron chi connectivity index (χ1n) is 12.9. The van der Waals surface area contributed by atoms with E-state index in [9.17, 15) is 77.4 Å². The van der Waals surface area contributed by atoms with Gasteiger partial charge in [0.1, 0.15) is 36.6 Å². The van der Waals surface area contributed by atoms with Crippen LogP contribution >= 0.6 is 31.3 Å². The van der Waals surface area contributed by atoms with E-state index in [1.54, 1.807) is 0 Å². The fourth-order valence-corrected chi connectivity index (χ4v) is 9.20. The molecule has 10 N–H and O–H groups in total. The van der Waals surface area contributed by atoms with Crippen LogP contribution in [0.3, 0.4) is 0 Å². The summed E-state index contributed by atoms with van der Waals surface area (Å²) < 4.78 is 80.5. The molecule has 2 aliphatic heterocycles. The van der Waals surface area contributed by atoms with Crippen molar-refractivity contribution < 1.29 is 89.7 Å². The third-order valence-electron chi connectivity index (χ3n) is 6.35. The van der Waals surface area contributed by atoms with Gasteiger partial charge in [-0.25, -0.2) is 27.8 Å². The first kappa shape index (κ1) is 39.5. The first-order chi connectivity index (χ1) is 22.5. The highest BCUT2D eigenvalue weighted by molar-refractivity contribution is 7.69. The molecule has 4 heterocycles. The van der Waals surface area contributed by atoms with Gasteiger partial charge in [-0.15, -0.1) is 0 Å². The summed E-state index contributed by atoms with van der Waals surface area (Å²) in [6.07, 6.45) is -12.6. The number of phosphoric ester groups is 2. The summed E-state index contributed by atoms with van der Waals surface area (Å²) in [5.41, 5.74) is -3.78. The van der Waals surface area contributed by atoms with Crippen molar-refractivity contribution >= 4 is 31.3 Å². The number of aromatic amines is 2. The number of rotatable bonds is 14. The molecule has 0 amide bonds. The molecule has 276 valence electrons. The SMILES string of the molecule is O=c1ccn(C2OC(COP(=O)(O)OP(=O)(O)OP(=O)(O)OP(=O)(O)OCC3OC(n4ccc(=O)[nH]c4=O)C(O)C3O)C(O)C2O)c(=O)[nH]1. The van der Waals surface area contributed by atoms with E-state index in [1.165, 1.54) is 0 Å². The smallest absolute Gasteiger partial charge is 0.387 e. The van der Waals surface area contributed by atoms with Gasteiger partial charge in [-0.2, -0.15) is 12.9 Å². The Labute approximate surface area is 268 Å². The minimum absolute atomic E-state index is 0.642. The van der Waals surface area contributed by atoms with Crippen LogP contribution in [0.15, 0.2) is 43.7 Å². The van der Waals surface area contributed by atoms with E-state index in [4.69, 9.17) is 9.47 Å². The maximum absolute atomic E-state index is 12.2. The van der Waals surface area contributed by atoms with E-state index in [1.807, 2.05) is 9.97 Å². The molecular weight excluding hydrogens is 764 g/mol. The molecule has 2 fully saturated rings. The molecule has 31 heteroatoms. The van der Waals surface area contributed by atoms with Gasteiger partial charge in [0.25, 0.3) is 11.1 Å². The lowest BCUT2D eigenvalue weighted by molar-refractivity contribution is -0.0544. The van der Waals surface area contributed by atoms with Crippen LogP contribution in [0.4, 0.5) is 0 Å². The van der Waals surface area contributed by atoms with Gasteiger partial charge in [0.15, 0.2) is 12.5 Å². The molecule has 0 saturated carbocycles. The average molecular weight is 790 g/mol. The molecule has 49 heavy (non-hydrogen) atoms. The Hall–Kier alpha value is -2.32. The lowest BCUT2D eigenvalue weighted by Crippen LogP contribution is -2.37. The molecule has 0 aromatic carbocycles. The molecule has 2 saturated heterocycles. The molecule has 12 atom stereocenters. The zero-order valence-corrected chi connectivity index (χ0v) is 27.3. The van der Waals surface area contributed by atoms with Crippen molar-refractivity contribution in [3.8, 4) is 0 Å². The van der Waals surface area contributed by atoms with E-state index in [0.717, 1.165) is 24.5 Å². The van der Waals surface area contributed by atoms with E-state index in [-0.39, 0.29) is 0 Å². The van der Waals surface area contributed by atoms with Crippen molar-refractivity contribution in [3.05, 3.63) is 66.2 Å². The molecular formula is C18H26N4O23P4. The molecule has 0 spiro atoms. The predicted octanol–water partition coefficient (Wildman–Crippen LogP) is -4.19. The Morgan fingerprint density at radius 2 is 0.918 bits per heavy atom. The van der Waals surface area contributed by atoms with E-state index in [2.05, 4.69) is 22.0 Å². The Morgan fingerprint density at radius 3 is 1.24 bits per heavy atom. The minimum Gasteiger partial charge on any atom is -0.387 e. The van der Waals surface area contributed by atoms with Crippen LogP contribution < -0.4 is 22.5 Å². The number of aromatic nitrogens is 4. The standard InChI is InChI=1S/C18H26N4O23P4/c23-9-1-3-21(17(29)19-9)15-13(27)11(25)7(41-15)5-39-46(31,32)43-48(35,36)45-49(37,38)44-47(33,34)40-6-8-12(26)14(28)16(42-8)22-4-2-10(24)20-18(22)30/h1-4,7-8,11-16,25-28H,5-6H2,(H,31,32)(H,33,34)(H,35,36)(H,37,38)(H,19,23,29)(H,20,24,30). The third kappa shape index (κ3) is 9.93. The van der Waals surface area contributed by atoms with Gasteiger partial charge in [-0.1, -0.05) is 0 Å². The minimum atomic E-state index is -6.24. The van der Waals surface area contributed by atoms with Gasteiger partial charge in [-0.05, 0) is 0 Å². The maximum atomic E-state index is 12.2. The summed E-state index contributed by atoms with van der Waals surface area (Å²) >= 11 is 0. The Bertz CT molecular complexity index is 1820. The van der Waals surface area contributed by atoms with Crippen molar-refractivity contribution in [1.29, 1.82) is 0 Å². The first-order valence-corrected chi connectivity index (χ1v) is 18.9. The second-order valence-electron chi connectivity index (χ2n) is 9.84. The predicted molar refractivity (Wildman–Crippen MR) is 149 cm³/mol. The maximum Gasteiger partial charge on any atom is 0.490 e. The zero-order valence-electron chi connectivity index (χ0n) is 23.7. The zero-order chi connectivity index (χ0) is 36.7. The molecule has 12 unspecified atom stereocenters. The fourth-order valence-electron chi connectivity index (χ4n) is 4.25. The summed E-state index contributed by atoms with van der Waals surface area (Å²) in [5.74, 6) is 0. The van der Waals surface area contributed by atoms with Crippen LogP contribution in [-0.2, 0) is 49.7 Å². The van der Waals surface area contributed by atoms with Gasteiger partial charge in [0.05, 0.1) is 13.2 Å². The summed E-state index contributed by atoms with van der Waals surface area (Å²) in [7, 11) is -24.1. The second kappa shape index (κ2) is 14.7. The van der Waals surface area contributed by atoms with E-state index >= 15 is 0 Å². The number of phosphoric acid groups is 4. The molecule has 2 aromatic rings. The Morgan fingerprint density at radius 1 is 0.592 bits per heavy atom. The highest BCUT2D eigenvalue weighted by Crippen LogP contribution is 2.71. The monoisotopic (exact) mass is 790 g/mol. The van der Waals surface area contributed by atoms with Gasteiger partial charge >= 0.3 is 42.7 Å². The van der Waals surface area contributed by atoms with Crippen LogP contribution in [-0.4, -0.2) is 109 Å². The lowest BCUT2D eigenvalue weighted by atomic mass is 10.1. The normalized spacial score (nSPS) is 32.2. The highest BCUT2D eigenvalue weighted by Gasteiger charge is 2.49.